The molecule has 0 aliphatic carbocycles. The lowest BCUT2D eigenvalue weighted by Crippen LogP contribution is -2.64. The van der Waals surface area contributed by atoms with Crippen molar-refractivity contribution in [1.82, 2.24) is 15.1 Å². The third-order valence-electron chi connectivity index (χ3n) is 23.4. The fraction of sp³-hybridized carbons (Fsp3) is 0.874. The number of esters is 4. The molecule has 1 aromatic rings. The first-order valence-corrected chi connectivity index (χ1v) is 53.3. The zero-order chi connectivity index (χ0) is 106. The first-order chi connectivity index (χ1) is 67.8. The highest BCUT2D eigenvalue weighted by atomic mass is 28.3. The summed E-state index contributed by atoms with van der Waals surface area (Å²) in [7, 11) is 1.85. The molecule has 8 saturated heterocycles. The monoisotopic (exact) mass is 2080 g/mol. The van der Waals surface area contributed by atoms with Crippen LogP contribution in [0, 0.1) is 11.5 Å². The summed E-state index contributed by atoms with van der Waals surface area (Å²) in [6, 6.07) is 3.24. The molecule has 0 bridgehead atoms. The molecule has 9 heterocycles. The van der Waals surface area contributed by atoms with E-state index < -0.39 is 252 Å². The smallest absolute Gasteiger partial charge is 0.339 e. The van der Waals surface area contributed by atoms with Gasteiger partial charge >= 0.3 is 23.9 Å². The van der Waals surface area contributed by atoms with Crippen molar-refractivity contribution >= 4 is 43.8 Å². The van der Waals surface area contributed by atoms with E-state index in [1.807, 2.05) is 26.7 Å². The summed E-state index contributed by atoms with van der Waals surface area (Å²) in [6.45, 7) is 29.6. The van der Waals surface area contributed by atoms with Crippen molar-refractivity contribution in [1.29, 1.82) is 0 Å². The Morgan fingerprint density at radius 2 is 0.762 bits per heavy atom. The van der Waals surface area contributed by atoms with Crippen LogP contribution < -0.4 is 5.32 Å². The zero-order valence-corrected chi connectivity index (χ0v) is 86.6. The highest BCUT2D eigenvalue weighted by Crippen LogP contribution is 2.36. The Bertz CT molecular complexity index is 3840. The van der Waals surface area contributed by atoms with Crippen LogP contribution in [0.5, 0.6) is 0 Å². The van der Waals surface area contributed by atoms with E-state index in [0.717, 1.165) is 57.9 Å². The molecule has 9 rings (SSSR count). The summed E-state index contributed by atoms with van der Waals surface area (Å²) in [6.07, 6.45) is -37.0. The number of aliphatic hydroxyl groups excluding tert-OH is 13. The number of nitrogens with zero attached hydrogens (tertiary/aromatic N) is 2. The second-order valence-electron chi connectivity index (χ2n) is 38.6. The van der Waals surface area contributed by atoms with E-state index in [-0.39, 0.29) is 97.1 Å². The number of hydrogen-bond donors (Lipinski definition) is 14. The number of nitrogens with one attached hydrogen (secondary N) is 1. The van der Waals surface area contributed by atoms with E-state index in [2.05, 4.69) is 16.8 Å². The van der Waals surface area contributed by atoms with Gasteiger partial charge in [-0.2, -0.15) is 0 Å². The minimum atomic E-state index is -1.69. The maximum Gasteiger partial charge on any atom is 0.339 e. The fourth-order valence-electron chi connectivity index (χ4n) is 16.3. The number of unbranched alkanes of at least 4 members (excludes halogenated alkanes) is 4. The van der Waals surface area contributed by atoms with Gasteiger partial charge in [-0.3, -0.25) is 9.59 Å². The highest BCUT2D eigenvalue weighted by Gasteiger charge is 2.57. The topological polar surface area (TPSA) is 619 Å². The minimum Gasteiger partial charge on any atom is -0.466 e. The van der Waals surface area contributed by atoms with Crippen LogP contribution in [-0.4, -0.2) is 473 Å². The van der Waals surface area contributed by atoms with Crippen LogP contribution in [0.4, 0.5) is 0 Å². The standard InChI is InChI=1S/C34H65N3O13.C31H52O15Si.C30H46O16/c1-8-37(17-13-14-18-38)32(44)30-28(47-21(2)3)24(40)25(41)33(49-30)46-20-19-45-27-23(39)26(42)34(48-22(4)5)50-29(27)31(43)36(7)16-12-10-9-11-15-35-6;1-17(2)43-25-21(33)22(34)30(45-27(25)28(36)40-12-9-15-47(5,6)7)41-14-13-39-24-20(32)23(35)31(44-18(3)4)46-26(24)29(37)42-16-19-10-8-11-38-19;1-15(2)43-24-20(32)21(33)29(45-26(24)28(36)42-14-18-8-6-10-38-18)40-12-11-39-23-19(31)22(34)30(44-16(3)4)46-25(23)27(35)41-13-17-7-5-9-37-17/h21-30,33-35,38-42H,8-20H2,1-7H3;17-27,30-35H,8,10-14,16H2,1-7H3;6,8,10,15-17,19-26,29-34H,5,7,9,11-14H2,1-4H3/t23-,24-,25+,26+,27+,28+,29?,30?,33-,34-;19?,20-,21-,22+,23+,24+,25+,26?,27?,30-,31-;17?,19-,20-,21+,22+,23+,24+,25?,26?,29-,30-/m111/s1. The Kier molecular flexibility index (Phi) is 54.8. The molecule has 47 nitrogen and oxygen atoms in total. The molecule has 1 aromatic heterocycles. The maximum absolute atomic E-state index is 13.6. The van der Waals surface area contributed by atoms with Crippen LogP contribution in [0.25, 0.3) is 0 Å². The average Bonchev–Trinajstić information content (AvgIpc) is 1.67. The molecule has 8 fully saturated rings. The summed E-state index contributed by atoms with van der Waals surface area (Å²) in [5.74, 6) is -1.10. The molecule has 0 saturated carbocycles. The number of hydrogen-bond acceptors (Lipinski definition) is 45. The largest absolute Gasteiger partial charge is 0.466 e. The Balaban J connectivity index is 0.000000291. The number of ether oxygens (including phenoxy) is 24. The molecular weight excluding hydrogens is 1920 g/mol. The van der Waals surface area contributed by atoms with Gasteiger partial charge in [-0.05, 0) is 167 Å². The Labute approximate surface area is 837 Å². The molecule has 32 atom stereocenters. The van der Waals surface area contributed by atoms with Crippen LogP contribution in [0.2, 0.25) is 19.6 Å². The average molecular weight is 2080 g/mol. The first-order valence-electron chi connectivity index (χ1n) is 49.8. The molecule has 0 spiro atoms. The van der Waals surface area contributed by atoms with Gasteiger partial charge in [0.25, 0.3) is 11.8 Å². The lowest BCUT2D eigenvalue weighted by Gasteiger charge is -2.44. The Morgan fingerprint density at radius 1 is 0.420 bits per heavy atom. The van der Waals surface area contributed by atoms with Gasteiger partial charge < -0.3 is 200 Å². The van der Waals surface area contributed by atoms with Crippen LogP contribution in [0.15, 0.2) is 22.8 Å². The zero-order valence-electron chi connectivity index (χ0n) is 85.6. The van der Waals surface area contributed by atoms with Crippen molar-refractivity contribution in [2.24, 2.45) is 0 Å². The third-order valence-corrected chi connectivity index (χ3v) is 24.3. The summed E-state index contributed by atoms with van der Waals surface area (Å²) >= 11 is 0. The van der Waals surface area contributed by atoms with Crippen LogP contribution in [-0.2, 0) is 149 Å². The number of carbonyl (C=O) groups excluding carboxylic acids is 6. The number of furan rings is 1. The van der Waals surface area contributed by atoms with E-state index in [0.29, 0.717) is 51.4 Å². The predicted molar refractivity (Wildman–Crippen MR) is 499 cm³/mol. The molecule has 8 aliphatic rings. The van der Waals surface area contributed by atoms with Gasteiger partial charge in [0.1, 0.15) is 144 Å². The normalized spacial score (nSPS) is 33.2. The third kappa shape index (κ3) is 39.4. The van der Waals surface area contributed by atoms with E-state index >= 15 is 0 Å². The Hall–Kier alpha value is -5.48. The molecule has 0 aromatic carbocycles. The summed E-state index contributed by atoms with van der Waals surface area (Å²) in [5.41, 5.74) is 3.08. The van der Waals surface area contributed by atoms with Gasteiger partial charge in [0.15, 0.2) is 81.0 Å². The number of aliphatic hydroxyl groups is 13. The number of rotatable bonds is 52. The minimum absolute atomic E-state index is 0.00796. The quantitative estimate of drug-likeness (QED) is 0.0117. The molecule has 143 heavy (non-hydrogen) atoms. The van der Waals surface area contributed by atoms with Gasteiger partial charge in [0.2, 0.25) is 0 Å². The summed E-state index contributed by atoms with van der Waals surface area (Å²) in [4.78, 5) is 82.2. The van der Waals surface area contributed by atoms with E-state index in [1.54, 1.807) is 109 Å². The molecule has 2 amide bonds. The van der Waals surface area contributed by atoms with E-state index in [9.17, 15) is 90.0 Å². The lowest BCUT2D eigenvalue weighted by atomic mass is 9.97. The second-order valence-corrected chi connectivity index (χ2v) is 43.3. The number of amides is 2. The van der Waals surface area contributed by atoms with Gasteiger partial charge in [0, 0.05) is 46.5 Å². The van der Waals surface area contributed by atoms with Crippen molar-refractivity contribution in [2.75, 3.05) is 120 Å². The second kappa shape index (κ2) is 63.0. The van der Waals surface area contributed by atoms with E-state index in [4.69, 9.17) is 123 Å². The van der Waals surface area contributed by atoms with Crippen molar-refractivity contribution in [3.8, 4) is 11.5 Å². The van der Waals surface area contributed by atoms with Crippen molar-refractivity contribution in [3.05, 3.63) is 24.2 Å². The van der Waals surface area contributed by atoms with Crippen molar-refractivity contribution in [3.63, 3.8) is 0 Å². The molecule has 0 radical (unpaired) electrons. The summed E-state index contributed by atoms with van der Waals surface area (Å²) < 4.78 is 140. The van der Waals surface area contributed by atoms with Crippen molar-refractivity contribution < 1.29 is 213 Å². The van der Waals surface area contributed by atoms with Crippen LogP contribution in [0.1, 0.15) is 160 Å². The molecule has 826 valence electrons. The maximum atomic E-state index is 13.6. The summed E-state index contributed by atoms with van der Waals surface area (Å²) in [5, 5.41) is 142. The SMILES string of the molecule is CC(C)O[C@@H]1OC(C(=O)OCC2CCCO2)[C@@H](OCCO[C@@H]2OC(C(=O)OCC#C[Si](C)(C)C)[C@@H](OC(C)C)[C@H](O)[C@@H]2O)[C@H](O)[C@@H]1O.CC(C)O[C@@H]1OC(C(=O)OCC2CCCO2)[C@@H](OCCO[C@@H]2OC(C(=O)OCc3ccco3)[C@@H](OC(C)C)[C@H](O)[C@@H]2O)[C@H](O)[C@@H]1O.CCN(CCCCO)C(=O)C1O[C@@H](OCCO[C@@H]2C(C(=O)N(C)CCCCCCNC)O[C@@H](OC(C)C)[C@@H](O)[C@H]2O)[C@@H](O)[C@@H](O)[C@@H]1OC(C)C. The number of carbonyl (C=O) groups is 6. The highest BCUT2D eigenvalue weighted by molar-refractivity contribution is 6.83. The molecular formula is C95H163N3O44Si. The predicted octanol–water partition coefficient (Wildman–Crippen LogP) is -1.44. The van der Waals surface area contributed by atoms with Gasteiger partial charge in [0.05, 0.1) is 94.7 Å². The molecule has 48 heteroatoms. The molecule has 14 N–H and O–H groups in total. The molecule has 8 unspecified atom stereocenters. The number of likely N-dealkylation sites (N-methyl/N-ethyl adjacent to an activating group) is 2. The fourth-order valence-corrected chi connectivity index (χ4v) is 16.9. The van der Waals surface area contributed by atoms with Gasteiger partial charge in [-0.25, -0.2) is 19.2 Å². The Morgan fingerprint density at radius 3 is 1.14 bits per heavy atom. The van der Waals surface area contributed by atoms with Crippen LogP contribution in [0.3, 0.4) is 0 Å². The first kappa shape index (κ1) is 124. The lowest BCUT2D eigenvalue weighted by molar-refractivity contribution is -0.317. The van der Waals surface area contributed by atoms with Gasteiger partial charge in [-0.1, -0.05) is 38.4 Å². The van der Waals surface area contributed by atoms with Crippen molar-refractivity contribution in [2.45, 2.75) is 414 Å². The van der Waals surface area contributed by atoms with Crippen LogP contribution >= 0.6 is 0 Å². The van der Waals surface area contributed by atoms with E-state index in [1.165, 1.54) is 16.1 Å². The van der Waals surface area contributed by atoms with Gasteiger partial charge in [-0.15, -0.1) is 5.54 Å². The molecule has 8 aliphatic heterocycles.